The molecule has 1 aliphatic heterocycles. The third-order valence-corrected chi connectivity index (χ3v) is 7.18. The molecule has 0 saturated carbocycles. The molecule has 4 aromatic rings. The van der Waals surface area contributed by atoms with E-state index >= 15 is 0 Å². The van der Waals surface area contributed by atoms with Gasteiger partial charge in [0.2, 0.25) is 0 Å². The minimum absolute atomic E-state index is 0.944. The Hall–Kier alpha value is -3.11. The number of hydrogen-bond acceptors (Lipinski definition) is 3. The van der Waals surface area contributed by atoms with Gasteiger partial charge in [-0.15, -0.1) is 0 Å². The van der Waals surface area contributed by atoms with Crippen LogP contribution in [-0.2, 0) is 6.42 Å². The third-order valence-electron chi connectivity index (χ3n) is 7.18. The predicted octanol–water partition coefficient (Wildman–Crippen LogP) is 5.72. The molecule has 0 atom stereocenters. The van der Waals surface area contributed by atoms with E-state index in [4.69, 9.17) is 4.98 Å². The molecule has 1 aliphatic carbocycles. The van der Waals surface area contributed by atoms with E-state index in [1.165, 1.54) is 60.3 Å². The molecule has 6 rings (SSSR count). The molecule has 0 unspecified atom stereocenters. The first-order chi connectivity index (χ1) is 15.7. The van der Waals surface area contributed by atoms with E-state index < -0.39 is 0 Å². The first-order valence-electron chi connectivity index (χ1n) is 11.9. The number of nitrogens with zero attached hydrogens (tertiary/aromatic N) is 3. The minimum Gasteiger partial charge on any atom is -0.373 e. The Morgan fingerprint density at radius 1 is 0.906 bits per heavy atom. The molecule has 1 N–H and O–H groups in total. The lowest BCUT2D eigenvalue weighted by molar-refractivity contribution is 0.234. The lowest BCUT2D eigenvalue weighted by Gasteiger charge is -2.29. The maximum absolute atomic E-state index is 4.93. The number of fused-ring (bicyclic) bond motifs is 4. The van der Waals surface area contributed by atoms with Crippen LogP contribution in [-0.4, -0.2) is 48.1 Å². The van der Waals surface area contributed by atoms with Gasteiger partial charge in [0, 0.05) is 31.4 Å². The Balaban J connectivity index is 1.20. The van der Waals surface area contributed by atoms with Crippen molar-refractivity contribution in [3.8, 4) is 22.5 Å². The summed E-state index contributed by atoms with van der Waals surface area (Å²) in [5, 5.41) is 0. The van der Waals surface area contributed by atoms with Crippen LogP contribution in [0.1, 0.15) is 30.4 Å². The maximum atomic E-state index is 4.93. The molecule has 1 aromatic heterocycles. The Bertz CT molecular complexity index is 1250. The van der Waals surface area contributed by atoms with Crippen molar-refractivity contribution in [3.63, 3.8) is 0 Å². The van der Waals surface area contributed by atoms with Crippen LogP contribution >= 0.6 is 0 Å². The van der Waals surface area contributed by atoms with Gasteiger partial charge in [0.05, 0.1) is 11.0 Å². The van der Waals surface area contributed by atoms with Gasteiger partial charge in [-0.25, -0.2) is 4.98 Å². The zero-order valence-electron chi connectivity index (χ0n) is 18.8. The van der Waals surface area contributed by atoms with Crippen LogP contribution in [0.4, 0.5) is 5.69 Å². The fourth-order valence-electron chi connectivity index (χ4n) is 5.26. The van der Waals surface area contributed by atoms with Gasteiger partial charge in [-0.2, -0.15) is 0 Å². The second-order valence-corrected chi connectivity index (χ2v) is 9.32. The predicted molar refractivity (Wildman–Crippen MR) is 133 cm³/mol. The molecule has 0 bridgehead atoms. The summed E-state index contributed by atoms with van der Waals surface area (Å²) in [6.45, 7) is 4.73. The van der Waals surface area contributed by atoms with Crippen molar-refractivity contribution in [3.05, 3.63) is 71.8 Å². The normalized spacial score (nSPS) is 15.7. The molecule has 2 heterocycles. The quantitative estimate of drug-likeness (QED) is 0.393. The second-order valence-electron chi connectivity index (χ2n) is 9.32. The van der Waals surface area contributed by atoms with Crippen LogP contribution in [0.25, 0.3) is 33.5 Å². The summed E-state index contributed by atoms with van der Waals surface area (Å²) in [5.74, 6) is 0.944. The Morgan fingerprint density at radius 2 is 1.72 bits per heavy atom. The summed E-state index contributed by atoms with van der Waals surface area (Å²) in [4.78, 5) is 13.4. The summed E-state index contributed by atoms with van der Waals surface area (Å²) in [6, 6.07) is 22.0. The molecule has 162 valence electrons. The van der Waals surface area contributed by atoms with Crippen molar-refractivity contribution < 1.29 is 0 Å². The number of likely N-dealkylation sites (N-methyl/N-ethyl adjacent to an activating group) is 1. The second kappa shape index (κ2) is 8.10. The number of nitrogens with one attached hydrogen (secondary N) is 1. The van der Waals surface area contributed by atoms with Crippen LogP contribution in [0, 0.1) is 0 Å². The van der Waals surface area contributed by atoms with E-state index in [0.29, 0.717) is 0 Å². The largest absolute Gasteiger partial charge is 0.373 e. The summed E-state index contributed by atoms with van der Waals surface area (Å²) in [7, 11) is 2.19. The van der Waals surface area contributed by atoms with Gasteiger partial charge in [-0.1, -0.05) is 30.7 Å². The van der Waals surface area contributed by atoms with E-state index in [1.54, 1.807) is 0 Å². The number of aromatic amines is 1. The molecule has 3 aromatic carbocycles. The first kappa shape index (κ1) is 19.6. The molecule has 32 heavy (non-hydrogen) atoms. The molecule has 4 heteroatoms. The van der Waals surface area contributed by atoms with Crippen LogP contribution in [0.3, 0.4) is 0 Å². The van der Waals surface area contributed by atoms with E-state index in [0.717, 1.165) is 41.9 Å². The van der Waals surface area contributed by atoms with Crippen molar-refractivity contribution >= 4 is 16.7 Å². The lowest BCUT2D eigenvalue weighted by atomic mass is 10.1. The number of piperidine rings is 1. The molecular weight excluding hydrogens is 392 g/mol. The zero-order chi connectivity index (χ0) is 21.5. The van der Waals surface area contributed by atoms with Crippen molar-refractivity contribution in [1.29, 1.82) is 0 Å². The topological polar surface area (TPSA) is 35.2 Å². The van der Waals surface area contributed by atoms with Crippen molar-refractivity contribution in [2.75, 3.05) is 38.1 Å². The summed E-state index contributed by atoms with van der Waals surface area (Å²) >= 11 is 0. The van der Waals surface area contributed by atoms with Crippen LogP contribution in [0.15, 0.2) is 60.7 Å². The van der Waals surface area contributed by atoms with Gasteiger partial charge in [-0.05, 0) is 91.0 Å². The van der Waals surface area contributed by atoms with E-state index in [1.807, 2.05) is 0 Å². The van der Waals surface area contributed by atoms with Crippen molar-refractivity contribution in [2.45, 2.75) is 25.7 Å². The van der Waals surface area contributed by atoms with Gasteiger partial charge in [0.15, 0.2) is 0 Å². The Morgan fingerprint density at radius 3 is 2.56 bits per heavy atom. The monoisotopic (exact) mass is 422 g/mol. The summed E-state index contributed by atoms with van der Waals surface area (Å²) in [6.07, 6.45) is 5.11. The van der Waals surface area contributed by atoms with Crippen molar-refractivity contribution in [2.24, 2.45) is 0 Å². The molecule has 0 amide bonds. The highest BCUT2D eigenvalue weighted by atomic mass is 15.2. The van der Waals surface area contributed by atoms with Crippen LogP contribution < -0.4 is 4.90 Å². The third kappa shape index (κ3) is 3.59. The first-order valence-corrected chi connectivity index (χ1v) is 11.9. The average molecular weight is 423 g/mol. The Labute approximate surface area is 189 Å². The highest BCUT2D eigenvalue weighted by Crippen LogP contribution is 2.38. The maximum Gasteiger partial charge on any atom is 0.138 e. The van der Waals surface area contributed by atoms with Gasteiger partial charge < -0.3 is 14.8 Å². The Kier molecular flexibility index (Phi) is 4.95. The number of likely N-dealkylation sites (tertiary alicyclic amines) is 1. The molecule has 0 spiro atoms. The lowest BCUT2D eigenvalue weighted by Crippen LogP contribution is -2.36. The number of H-pyrrole nitrogens is 1. The van der Waals surface area contributed by atoms with Crippen LogP contribution in [0.5, 0.6) is 0 Å². The number of rotatable bonds is 5. The summed E-state index contributed by atoms with van der Waals surface area (Å²) in [5.41, 5.74) is 10.0. The fraction of sp³-hybridized carbons (Fsp3) is 0.321. The number of aromatic nitrogens is 2. The van der Waals surface area contributed by atoms with Crippen molar-refractivity contribution in [1.82, 2.24) is 14.9 Å². The average Bonchev–Trinajstić information content (AvgIpc) is 3.42. The zero-order valence-corrected chi connectivity index (χ0v) is 18.8. The van der Waals surface area contributed by atoms with Crippen LogP contribution in [0.2, 0.25) is 0 Å². The molecule has 2 aliphatic rings. The minimum atomic E-state index is 0.944. The summed E-state index contributed by atoms with van der Waals surface area (Å²) < 4.78 is 0. The van der Waals surface area contributed by atoms with Gasteiger partial charge in [0.25, 0.3) is 0 Å². The standard InChI is InChI=1S/C28H30N4/c1-31(15-16-32-13-5-2-6-14-32)23-11-9-20(10-12-23)28-29-26-18-22-17-21-7-3-4-8-24(21)25(22)19-27(26)30-28/h3-4,7-12,18-19H,2,5-6,13-17H2,1H3,(H,29,30). The molecular formula is C28H30N4. The highest BCUT2D eigenvalue weighted by Gasteiger charge is 2.20. The molecule has 1 saturated heterocycles. The van der Waals surface area contributed by atoms with E-state index in [9.17, 15) is 0 Å². The SMILES string of the molecule is CN(CCN1CCCCC1)c1ccc(-c2nc3cc4c(cc3[nH]2)Cc2ccccc2-4)cc1. The number of imidazole rings is 1. The fourth-order valence-corrected chi connectivity index (χ4v) is 5.26. The molecule has 4 nitrogen and oxygen atoms in total. The van der Waals surface area contributed by atoms with Gasteiger partial charge >= 0.3 is 0 Å². The molecule has 0 radical (unpaired) electrons. The van der Waals surface area contributed by atoms with Gasteiger partial charge in [0.1, 0.15) is 5.82 Å². The highest BCUT2D eigenvalue weighted by molar-refractivity contribution is 5.89. The van der Waals surface area contributed by atoms with Gasteiger partial charge in [-0.3, -0.25) is 0 Å². The van der Waals surface area contributed by atoms with E-state index in [2.05, 4.69) is 82.5 Å². The number of benzene rings is 3. The van der Waals surface area contributed by atoms with E-state index in [-0.39, 0.29) is 0 Å². The molecule has 1 fully saturated rings. The number of hydrogen-bond donors (Lipinski definition) is 1. The number of anilines is 1. The smallest absolute Gasteiger partial charge is 0.138 e.